The Balaban J connectivity index is 2.47. The number of aromatic nitrogens is 1. The molecule has 0 atom stereocenters. The number of hydrazine groups is 1. The lowest BCUT2D eigenvalue weighted by molar-refractivity contribution is -0.387. The van der Waals surface area contributed by atoms with Gasteiger partial charge >= 0.3 is 0 Å². The van der Waals surface area contributed by atoms with Crippen LogP contribution in [0.5, 0.6) is 0 Å². The quantitative estimate of drug-likeness (QED) is 0.426. The summed E-state index contributed by atoms with van der Waals surface area (Å²) in [7, 11) is -4.10. The number of nitro groups is 1. The highest BCUT2D eigenvalue weighted by Crippen LogP contribution is 2.28. The van der Waals surface area contributed by atoms with Crippen LogP contribution in [0.25, 0.3) is 0 Å². The van der Waals surface area contributed by atoms with Crippen molar-refractivity contribution in [3.05, 3.63) is 52.8 Å². The van der Waals surface area contributed by atoms with Crippen molar-refractivity contribution in [1.82, 2.24) is 4.98 Å². The van der Waals surface area contributed by atoms with Gasteiger partial charge in [0.1, 0.15) is 0 Å². The Bertz CT molecular complexity index is 763. The second-order valence-electron chi connectivity index (χ2n) is 3.93. The summed E-state index contributed by atoms with van der Waals surface area (Å²) in [4.78, 5) is 13.5. The van der Waals surface area contributed by atoms with Gasteiger partial charge in [-0.2, -0.15) is 0 Å². The van der Waals surface area contributed by atoms with E-state index in [1.54, 1.807) is 0 Å². The molecule has 2 rings (SSSR count). The van der Waals surface area contributed by atoms with Crippen LogP contribution in [0, 0.1) is 10.1 Å². The van der Waals surface area contributed by atoms with Crippen molar-refractivity contribution in [1.29, 1.82) is 0 Å². The van der Waals surface area contributed by atoms with Crippen molar-refractivity contribution in [3.63, 3.8) is 0 Å². The van der Waals surface area contributed by atoms with E-state index >= 15 is 0 Å². The largest absolute Gasteiger partial charge is 0.324 e. The van der Waals surface area contributed by atoms with Crippen LogP contribution in [-0.2, 0) is 10.0 Å². The van der Waals surface area contributed by atoms with Crippen molar-refractivity contribution < 1.29 is 13.3 Å². The second kappa shape index (κ2) is 5.73. The number of hydrogen-bond acceptors (Lipinski definition) is 7. The van der Waals surface area contributed by atoms with E-state index in [0.717, 1.165) is 12.1 Å². The van der Waals surface area contributed by atoms with Crippen molar-refractivity contribution in [2.45, 2.75) is 4.90 Å². The molecule has 1 heterocycles. The van der Waals surface area contributed by atoms with E-state index in [1.165, 1.54) is 30.6 Å². The number of nitrogens with one attached hydrogen (secondary N) is 2. The number of nitro benzene ring substituents is 1. The molecule has 21 heavy (non-hydrogen) atoms. The first-order valence-corrected chi connectivity index (χ1v) is 7.10. The molecule has 1 aromatic heterocycles. The van der Waals surface area contributed by atoms with Crippen LogP contribution in [0.4, 0.5) is 17.1 Å². The third-order valence-corrected chi connectivity index (χ3v) is 3.97. The van der Waals surface area contributed by atoms with Gasteiger partial charge in [-0.3, -0.25) is 25.7 Å². The van der Waals surface area contributed by atoms with Gasteiger partial charge in [-0.25, -0.2) is 8.42 Å². The Morgan fingerprint density at radius 1 is 1.14 bits per heavy atom. The van der Waals surface area contributed by atoms with E-state index in [0.29, 0.717) is 0 Å². The first-order valence-electron chi connectivity index (χ1n) is 5.62. The first-order chi connectivity index (χ1) is 9.94. The number of benzene rings is 1. The molecule has 0 spiro atoms. The van der Waals surface area contributed by atoms with Crippen LogP contribution in [0.3, 0.4) is 0 Å². The number of nitrogens with zero attached hydrogens (tertiary/aromatic N) is 2. The average Bonchev–Trinajstić information content (AvgIpc) is 2.47. The summed E-state index contributed by atoms with van der Waals surface area (Å²) in [5, 5.41) is 11.0. The standard InChI is InChI=1S/C11H11N5O4S/c12-14-9-1-2-11(10(7-9)16(17)18)21(19,20)15-8-3-5-13-6-4-8/h1-7,14H,12H2,(H,13,15). The van der Waals surface area contributed by atoms with Gasteiger partial charge in [-0.05, 0) is 24.3 Å². The molecule has 0 unspecified atom stereocenters. The lowest BCUT2D eigenvalue weighted by atomic mass is 10.3. The van der Waals surface area contributed by atoms with Crippen molar-refractivity contribution >= 4 is 27.1 Å². The molecule has 0 bridgehead atoms. The van der Waals surface area contributed by atoms with Crippen LogP contribution >= 0.6 is 0 Å². The van der Waals surface area contributed by atoms with Gasteiger partial charge in [-0.15, -0.1) is 0 Å². The summed E-state index contributed by atoms with van der Waals surface area (Å²) in [6.45, 7) is 0. The van der Waals surface area contributed by atoms with E-state index < -0.39 is 25.5 Å². The Morgan fingerprint density at radius 2 is 1.81 bits per heavy atom. The maximum atomic E-state index is 12.2. The third kappa shape index (κ3) is 3.24. The molecule has 0 saturated carbocycles. The fourth-order valence-electron chi connectivity index (χ4n) is 1.61. The number of anilines is 2. The highest BCUT2D eigenvalue weighted by Gasteiger charge is 2.26. The number of nitrogen functional groups attached to an aromatic ring is 1. The zero-order chi connectivity index (χ0) is 15.5. The zero-order valence-electron chi connectivity index (χ0n) is 10.6. The molecule has 0 amide bonds. The van der Waals surface area contributed by atoms with E-state index in [-0.39, 0.29) is 11.4 Å². The monoisotopic (exact) mass is 309 g/mol. The Morgan fingerprint density at radius 3 is 2.38 bits per heavy atom. The minimum Gasteiger partial charge on any atom is -0.324 e. The normalized spacial score (nSPS) is 10.9. The number of nitrogens with two attached hydrogens (primary N) is 1. The molecule has 1 aromatic carbocycles. The molecule has 0 radical (unpaired) electrons. The SMILES string of the molecule is NNc1ccc(S(=O)(=O)Nc2ccncc2)c([N+](=O)[O-])c1. The van der Waals surface area contributed by atoms with Crippen molar-refractivity contribution in [2.75, 3.05) is 10.1 Å². The molecule has 9 nitrogen and oxygen atoms in total. The predicted molar refractivity (Wildman–Crippen MR) is 76.0 cm³/mol. The first kappa shape index (κ1) is 14.7. The molecule has 110 valence electrons. The highest BCUT2D eigenvalue weighted by molar-refractivity contribution is 7.92. The van der Waals surface area contributed by atoms with Gasteiger partial charge in [0.25, 0.3) is 15.7 Å². The summed E-state index contributed by atoms with van der Waals surface area (Å²) in [5.74, 6) is 5.16. The van der Waals surface area contributed by atoms with Gasteiger partial charge in [0.05, 0.1) is 16.3 Å². The number of pyridine rings is 1. The summed E-state index contributed by atoms with van der Waals surface area (Å²) in [5.41, 5.74) is 2.12. The smallest absolute Gasteiger partial charge is 0.291 e. The summed E-state index contributed by atoms with van der Waals surface area (Å²) in [6, 6.07) is 6.34. The summed E-state index contributed by atoms with van der Waals surface area (Å²) >= 11 is 0. The molecule has 2 aromatic rings. The van der Waals surface area contributed by atoms with Crippen LogP contribution in [0.2, 0.25) is 0 Å². The van der Waals surface area contributed by atoms with E-state index in [4.69, 9.17) is 5.84 Å². The molecule has 10 heteroatoms. The minimum atomic E-state index is -4.10. The molecule has 0 aliphatic heterocycles. The summed E-state index contributed by atoms with van der Waals surface area (Å²) in [6.07, 6.45) is 2.79. The number of hydrogen-bond donors (Lipinski definition) is 3. The highest BCUT2D eigenvalue weighted by atomic mass is 32.2. The average molecular weight is 309 g/mol. The molecular weight excluding hydrogens is 298 g/mol. The molecule has 0 aliphatic rings. The number of rotatable bonds is 5. The maximum Gasteiger partial charge on any atom is 0.291 e. The van der Waals surface area contributed by atoms with E-state index in [1.807, 2.05) is 0 Å². The van der Waals surface area contributed by atoms with Crippen molar-refractivity contribution in [2.24, 2.45) is 5.84 Å². The van der Waals surface area contributed by atoms with Crippen LogP contribution < -0.4 is 16.0 Å². The fourth-order valence-corrected chi connectivity index (χ4v) is 2.82. The van der Waals surface area contributed by atoms with Crippen molar-refractivity contribution in [3.8, 4) is 0 Å². The van der Waals surface area contributed by atoms with E-state index in [2.05, 4.69) is 15.1 Å². The molecular formula is C11H11N5O4S. The molecule has 0 aliphatic carbocycles. The van der Waals surface area contributed by atoms with Crippen LogP contribution in [-0.4, -0.2) is 18.3 Å². The van der Waals surface area contributed by atoms with Gasteiger partial charge < -0.3 is 5.43 Å². The molecule has 0 fully saturated rings. The van der Waals surface area contributed by atoms with Gasteiger partial charge in [-0.1, -0.05) is 0 Å². The van der Waals surface area contributed by atoms with Crippen LogP contribution in [0.1, 0.15) is 0 Å². The lowest BCUT2D eigenvalue weighted by Gasteiger charge is -2.09. The van der Waals surface area contributed by atoms with E-state index in [9.17, 15) is 18.5 Å². The minimum absolute atomic E-state index is 0.226. The predicted octanol–water partition coefficient (Wildman–Crippen LogP) is 1.08. The lowest BCUT2D eigenvalue weighted by Crippen LogP contribution is -2.15. The Hall–Kier alpha value is -2.72. The Labute approximate surface area is 120 Å². The van der Waals surface area contributed by atoms with Crippen LogP contribution in [0.15, 0.2) is 47.6 Å². The second-order valence-corrected chi connectivity index (χ2v) is 5.58. The number of sulfonamides is 1. The Kier molecular flexibility index (Phi) is 4.00. The zero-order valence-corrected chi connectivity index (χ0v) is 11.4. The van der Waals surface area contributed by atoms with Gasteiger partial charge in [0, 0.05) is 18.5 Å². The fraction of sp³-hybridized carbons (Fsp3) is 0. The molecule has 0 saturated heterocycles. The third-order valence-electron chi connectivity index (χ3n) is 2.54. The van der Waals surface area contributed by atoms with Gasteiger partial charge in [0.2, 0.25) is 0 Å². The topological polar surface area (TPSA) is 140 Å². The van der Waals surface area contributed by atoms with Gasteiger partial charge in [0.15, 0.2) is 4.90 Å². The molecule has 4 N–H and O–H groups in total. The summed E-state index contributed by atoms with van der Waals surface area (Å²) < 4.78 is 26.7. The maximum absolute atomic E-state index is 12.2.